The highest BCUT2D eigenvalue weighted by atomic mass is 79.9. The minimum absolute atomic E-state index is 0.117. The van der Waals surface area contributed by atoms with Gasteiger partial charge in [-0.1, -0.05) is 15.9 Å². The second-order valence-electron chi connectivity index (χ2n) is 3.25. The summed E-state index contributed by atoms with van der Waals surface area (Å²) in [5.74, 6) is 0.180. The van der Waals surface area contributed by atoms with Crippen molar-refractivity contribution < 1.29 is 8.42 Å². The summed E-state index contributed by atoms with van der Waals surface area (Å²) in [6.07, 6.45) is 0. The SMILES string of the molecule is Nc1ccc(S(=O)(=O)c2ccc(Br)cc2)nn1. The van der Waals surface area contributed by atoms with Gasteiger partial charge in [0, 0.05) is 4.47 Å². The summed E-state index contributed by atoms with van der Waals surface area (Å²) in [4.78, 5) is 0.166. The van der Waals surface area contributed by atoms with Crippen molar-refractivity contribution in [2.24, 2.45) is 0 Å². The van der Waals surface area contributed by atoms with E-state index < -0.39 is 9.84 Å². The van der Waals surface area contributed by atoms with Crippen LogP contribution in [0.15, 0.2) is 50.8 Å². The Morgan fingerprint density at radius 2 is 1.65 bits per heavy atom. The number of rotatable bonds is 2. The van der Waals surface area contributed by atoms with E-state index >= 15 is 0 Å². The summed E-state index contributed by atoms with van der Waals surface area (Å²) < 4.78 is 25.0. The Bertz CT molecular complexity index is 572. The lowest BCUT2D eigenvalue weighted by molar-refractivity contribution is 0.590. The van der Waals surface area contributed by atoms with Gasteiger partial charge in [0.15, 0.2) is 5.03 Å². The lowest BCUT2D eigenvalue weighted by Crippen LogP contribution is -2.06. The molecule has 0 unspecified atom stereocenters. The predicted octanol–water partition coefficient (Wildman–Crippen LogP) is 1.65. The maximum Gasteiger partial charge on any atom is 0.225 e. The maximum absolute atomic E-state index is 12.1. The van der Waals surface area contributed by atoms with Gasteiger partial charge < -0.3 is 5.73 Å². The van der Waals surface area contributed by atoms with E-state index in [-0.39, 0.29) is 15.7 Å². The first-order chi connectivity index (χ1) is 8.00. The molecule has 1 aromatic heterocycles. The number of hydrogen-bond acceptors (Lipinski definition) is 5. The van der Waals surface area contributed by atoms with Gasteiger partial charge in [0.05, 0.1) is 4.90 Å². The minimum Gasteiger partial charge on any atom is -0.382 e. The third-order valence-electron chi connectivity index (χ3n) is 2.06. The molecule has 0 aliphatic carbocycles. The monoisotopic (exact) mass is 313 g/mol. The summed E-state index contributed by atoms with van der Waals surface area (Å²) in [6.45, 7) is 0. The molecule has 0 amide bonds. The van der Waals surface area contributed by atoms with Crippen molar-refractivity contribution >= 4 is 31.6 Å². The van der Waals surface area contributed by atoms with Crippen molar-refractivity contribution in [3.05, 3.63) is 40.9 Å². The number of halogens is 1. The third-order valence-corrected chi connectivity index (χ3v) is 4.25. The zero-order chi connectivity index (χ0) is 12.5. The van der Waals surface area contributed by atoms with Gasteiger partial charge >= 0.3 is 0 Å². The van der Waals surface area contributed by atoms with Crippen molar-refractivity contribution in [2.75, 3.05) is 5.73 Å². The van der Waals surface area contributed by atoms with Crippen molar-refractivity contribution in [2.45, 2.75) is 9.92 Å². The summed E-state index contributed by atoms with van der Waals surface area (Å²) in [5, 5.41) is 6.99. The van der Waals surface area contributed by atoms with E-state index in [4.69, 9.17) is 5.73 Å². The molecular weight excluding hydrogens is 306 g/mol. The van der Waals surface area contributed by atoms with Crippen LogP contribution in [-0.4, -0.2) is 18.6 Å². The van der Waals surface area contributed by atoms with Gasteiger partial charge in [-0.2, -0.15) is 0 Å². The number of nitrogens with two attached hydrogens (primary N) is 1. The van der Waals surface area contributed by atoms with E-state index in [0.717, 1.165) is 4.47 Å². The first-order valence-electron chi connectivity index (χ1n) is 4.60. The van der Waals surface area contributed by atoms with E-state index in [0.29, 0.717) is 0 Å². The molecule has 7 heteroatoms. The minimum atomic E-state index is -3.62. The molecule has 0 aliphatic heterocycles. The van der Waals surface area contributed by atoms with Crippen LogP contribution in [0.3, 0.4) is 0 Å². The Hall–Kier alpha value is -1.47. The molecule has 0 saturated carbocycles. The Labute approximate surface area is 107 Å². The molecule has 1 heterocycles. The summed E-state index contributed by atoms with van der Waals surface area (Å²) in [7, 11) is -3.62. The molecule has 0 spiro atoms. The van der Waals surface area contributed by atoms with Crippen LogP contribution in [0.4, 0.5) is 5.82 Å². The predicted molar refractivity (Wildman–Crippen MR) is 66.0 cm³/mol. The normalized spacial score (nSPS) is 11.4. The average Bonchev–Trinajstić information content (AvgIpc) is 2.30. The molecule has 0 saturated heterocycles. The zero-order valence-electron chi connectivity index (χ0n) is 8.54. The van der Waals surface area contributed by atoms with Crippen LogP contribution in [0.2, 0.25) is 0 Å². The Balaban J connectivity index is 2.50. The summed E-state index contributed by atoms with van der Waals surface area (Å²) in [6, 6.07) is 9.03. The average molecular weight is 314 g/mol. The molecule has 2 aromatic rings. The lowest BCUT2D eigenvalue weighted by atomic mass is 10.4. The molecule has 2 N–H and O–H groups in total. The van der Waals surface area contributed by atoms with Gasteiger partial charge in [-0.05, 0) is 36.4 Å². The van der Waals surface area contributed by atoms with Gasteiger partial charge in [-0.25, -0.2) is 8.42 Å². The molecule has 0 radical (unpaired) electrons. The van der Waals surface area contributed by atoms with Gasteiger partial charge in [0.1, 0.15) is 5.82 Å². The number of nitrogen functional groups attached to an aromatic ring is 1. The Morgan fingerprint density at radius 3 is 2.18 bits per heavy atom. The second kappa shape index (κ2) is 4.42. The van der Waals surface area contributed by atoms with E-state index in [9.17, 15) is 8.42 Å². The first kappa shape index (κ1) is 12.0. The van der Waals surface area contributed by atoms with E-state index in [2.05, 4.69) is 26.1 Å². The van der Waals surface area contributed by atoms with Crippen LogP contribution >= 0.6 is 15.9 Å². The fraction of sp³-hybridized carbons (Fsp3) is 0. The Morgan fingerprint density at radius 1 is 1.00 bits per heavy atom. The van der Waals surface area contributed by atoms with Crippen molar-refractivity contribution in [1.29, 1.82) is 0 Å². The number of aromatic nitrogens is 2. The number of sulfone groups is 1. The zero-order valence-corrected chi connectivity index (χ0v) is 10.9. The molecule has 17 heavy (non-hydrogen) atoms. The summed E-state index contributed by atoms with van der Waals surface area (Å²) >= 11 is 3.24. The van der Waals surface area contributed by atoms with Crippen molar-refractivity contribution in [3.63, 3.8) is 0 Å². The van der Waals surface area contributed by atoms with E-state index in [1.54, 1.807) is 12.1 Å². The van der Waals surface area contributed by atoms with Crippen molar-refractivity contribution in [3.8, 4) is 0 Å². The smallest absolute Gasteiger partial charge is 0.225 e. The molecule has 0 fully saturated rings. The molecule has 2 rings (SSSR count). The lowest BCUT2D eigenvalue weighted by Gasteiger charge is -2.03. The first-order valence-corrected chi connectivity index (χ1v) is 6.87. The number of nitrogens with zero attached hydrogens (tertiary/aromatic N) is 2. The van der Waals surface area contributed by atoms with Gasteiger partial charge in [0.2, 0.25) is 9.84 Å². The molecule has 88 valence electrons. The Kier molecular flexibility index (Phi) is 3.12. The standard InChI is InChI=1S/C10H8BrN3O2S/c11-7-1-3-8(4-2-7)17(15,16)10-6-5-9(12)13-14-10/h1-6H,(H2,12,13). The van der Waals surface area contributed by atoms with Crippen LogP contribution in [0.1, 0.15) is 0 Å². The highest BCUT2D eigenvalue weighted by Gasteiger charge is 2.19. The highest BCUT2D eigenvalue weighted by molar-refractivity contribution is 9.10. The molecule has 0 atom stereocenters. The fourth-order valence-corrected chi connectivity index (χ4v) is 2.60. The van der Waals surface area contributed by atoms with Gasteiger partial charge in [-0.3, -0.25) is 0 Å². The molecule has 0 aliphatic rings. The summed E-state index contributed by atoms with van der Waals surface area (Å²) in [5.41, 5.74) is 5.35. The topological polar surface area (TPSA) is 85.9 Å². The van der Waals surface area contributed by atoms with Gasteiger partial charge in [-0.15, -0.1) is 10.2 Å². The molecular formula is C10H8BrN3O2S. The maximum atomic E-state index is 12.1. The third kappa shape index (κ3) is 2.45. The highest BCUT2D eigenvalue weighted by Crippen LogP contribution is 2.20. The number of anilines is 1. The van der Waals surface area contributed by atoms with Crippen LogP contribution in [-0.2, 0) is 9.84 Å². The van der Waals surface area contributed by atoms with Crippen LogP contribution in [0.5, 0.6) is 0 Å². The quantitative estimate of drug-likeness (QED) is 0.911. The number of hydrogen-bond donors (Lipinski definition) is 1. The fourth-order valence-electron chi connectivity index (χ4n) is 1.21. The van der Waals surface area contributed by atoms with Crippen molar-refractivity contribution in [1.82, 2.24) is 10.2 Å². The number of benzene rings is 1. The second-order valence-corrected chi connectivity index (χ2v) is 6.07. The molecule has 5 nitrogen and oxygen atoms in total. The van der Waals surface area contributed by atoms with E-state index in [1.807, 2.05) is 0 Å². The van der Waals surface area contributed by atoms with E-state index in [1.165, 1.54) is 24.3 Å². The van der Waals surface area contributed by atoms with Crippen LogP contribution in [0, 0.1) is 0 Å². The molecule has 1 aromatic carbocycles. The largest absolute Gasteiger partial charge is 0.382 e. The van der Waals surface area contributed by atoms with Gasteiger partial charge in [0.25, 0.3) is 0 Å². The van der Waals surface area contributed by atoms with Crippen LogP contribution < -0.4 is 5.73 Å². The molecule has 0 bridgehead atoms. The van der Waals surface area contributed by atoms with Crippen LogP contribution in [0.25, 0.3) is 0 Å².